The number of hydrogen-bond donors (Lipinski definition) is 1. The summed E-state index contributed by atoms with van der Waals surface area (Å²) in [5.41, 5.74) is 3.33. The Morgan fingerprint density at radius 1 is 0.633 bits per heavy atom. The average molecular weight is 418 g/mol. The number of rotatable bonds is 9. The Labute approximate surface area is 188 Å². The van der Waals surface area contributed by atoms with Gasteiger partial charge in [-0.2, -0.15) is 0 Å². The van der Waals surface area contributed by atoms with E-state index in [1.54, 1.807) is 0 Å². The minimum Gasteiger partial charge on any atom is -0.310 e. The number of nitrogens with zero attached hydrogens (tertiary/aromatic N) is 1. The Bertz CT molecular complexity index is 798. The van der Waals surface area contributed by atoms with Gasteiger partial charge < -0.3 is 4.48 Å². The minimum absolute atomic E-state index is 0.449. The second kappa shape index (κ2) is 9.41. The van der Waals surface area contributed by atoms with Gasteiger partial charge in [0.05, 0.1) is 19.6 Å². The van der Waals surface area contributed by atoms with E-state index in [4.69, 9.17) is 12.6 Å². The highest BCUT2D eigenvalue weighted by molar-refractivity contribution is 7.81. The lowest BCUT2D eigenvalue weighted by Crippen LogP contribution is -2.70. The first-order valence-electron chi connectivity index (χ1n) is 11.1. The van der Waals surface area contributed by atoms with Crippen molar-refractivity contribution in [2.24, 2.45) is 0 Å². The van der Waals surface area contributed by atoms with Crippen LogP contribution in [0.1, 0.15) is 43.9 Å². The molecule has 0 aliphatic rings. The van der Waals surface area contributed by atoms with E-state index in [1.807, 2.05) is 0 Å². The lowest BCUT2D eigenvalue weighted by molar-refractivity contribution is -0.959. The summed E-state index contributed by atoms with van der Waals surface area (Å²) in [5.74, 6) is 0. The minimum atomic E-state index is -0.455. The average Bonchev–Trinajstić information content (AvgIpc) is 2.83. The predicted octanol–water partition coefficient (Wildman–Crippen LogP) is 6.75. The molecule has 2 heteroatoms. The van der Waals surface area contributed by atoms with Crippen molar-refractivity contribution in [3.05, 3.63) is 115 Å². The van der Waals surface area contributed by atoms with E-state index in [9.17, 15) is 0 Å². The molecule has 3 rings (SSSR count). The van der Waals surface area contributed by atoms with Crippen LogP contribution in [0.4, 0.5) is 0 Å². The molecular weight excluding hydrogens is 382 g/mol. The van der Waals surface area contributed by atoms with Crippen LogP contribution in [0.2, 0.25) is 0 Å². The van der Waals surface area contributed by atoms with Crippen molar-refractivity contribution < 1.29 is 4.48 Å². The van der Waals surface area contributed by atoms with Gasteiger partial charge in [-0.1, -0.05) is 91.0 Å². The van der Waals surface area contributed by atoms with Crippen LogP contribution < -0.4 is 0 Å². The molecule has 1 nitrogen and oxygen atoms in total. The fraction of sp³-hybridized carbons (Fsp3) is 0.321. The number of quaternary nitrogens is 1. The van der Waals surface area contributed by atoms with Crippen molar-refractivity contribution in [3.63, 3.8) is 0 Å². The van der Waals surface area contributed by atoms with E-state index in [-0.39, 0.29) is 0 Å². The standard InChI is InChI=1S/C28H34NS/c1-5-27(30,29(6-2,7-3)8-4)28(24-18-12-9-13-19-24,25-20-14-10-15-21-25)26-22-16-11-17-23-26/h9-23H,1,5-8H2,2-4H3/p+1. The third-order valence-corrected chi connectivity index (χ3v) is 8.15. The first-order valence-corrected chi connectivity index (χ1v) is 11.6. The lowest BCUT2D eigenvalue weighted by Gasteiger charge is -2.59. The highest BCUT2D eigenvalue weighted by atomic mass is 32.1. The van der Waals surface area contributed by atoms with Crippen molar-refractivity contribution in [2.75, 3.05) is 19.6 Å². The number of likely N-dealkylation sites (N-methyl/N-ethyl adjacent to an activating group) is 1. The lowest BCUT2D eigenvalue weighted by atomic mass is 9.62. The maximum absolute atomic E-state index is 5.66. The van der Waals surface area contributed by atoms with Crippen LogP contribution >= 0.6 is 12.6 Å². The molecule has 157 valence electrons. The van der Waals surface area contributed by atoms with E-state index in [0.717, 1.165) is 24.1 Å². The smallest absolute Gasteiger partial charge is 0.161 e. The van der Waals surface area contributed by atoms with Crippen LogP contribution in [0, 0.1) is 6.92 Å². The number of benzene rings is 3. The van der Waals surface area contributed by atoms with Gasteiger partial charge in [-0.05, 0) is 44.4 Å². The van der Waals surface area contributed by atoms with Crippen molar-refractivity contribution in [2.45, 2.75) is 37.5 Å². The van der Waals surface area contributed by atoms with Crippen LogP contribution in [-0.2, 0) is 5.41 Å². The van der Waals surface area contributed by atoms with Gasteiger partial charge in [0, 0.05) is 6.42 Å². The van der Waals surface area contributed by atoms with Gasteiger partial charge in [-0.25, -0.2) is 0 Å². The van der Waals surface area contributed by atoms with Crippen LogP contribution in [0.3, 0.4) is 0 Å². The Balaban J connectivity index is 2.54. The second-order valence-corrected chi connectivity index (χ2v) is 8.75. The third kappa shape index (κ3) is 3.31. The summed E-state index contributed by atoms with van der Waals surface area (Å²) in [6.45, 7) is 14.4. The van der Waals surface area contributed by atoms with Gasteiger partial charge in [0.15, 0.2) is 4.87 Å². The van der Waals surface area contributed by atoms with E-state index in [1.165, 1.54) is 16.7 Å². The zero-order valence-corrected chi connectivity index (χ0v) is 19.5. The molecule has 3 aromatic rings. The molecule has 1 radical (unpaired) electrons. The van der Waals surface area contributed by atoms with E-state index in [2.05, 4.69) is 119 Å². The van der Waals surface area contributed by atoms with E-state index in [0.29, 0.717) is 6.42 Å². The molecule has 30 heavy (non-hydrogen) atoms. The van der Waals surface area contributed by atoms with Gasteiger partial charge in [0.1, 0.15) is 5.41 Å². The van der Waals surface area contributed by atoms with Gasteiger partial charge >= 0.3 is 0 Å². The zero-order valence-electron chi connectivity index (χ0n) is 18.6. The molecule has 0 bridgehead atoms. The summed E-state index contributed by atoms with van der Waals surface area (Å²) < 4.78 is 0.873. The van der Waals surface area contributed by atoms with Crippen LogP contribution in [0.15, 0.2) is 91.0 Å². The molecule has 0 aliphatic carbocycles. The predicted molar refractivity (Wildman–Crippen MR) is 133 cm³/mol. The highest BCUT2D eigenvalue weighted by Crippen LogP contribution is 2.56. The molecule has 1 unspecified atom stereocenters. The van der Waals surface area contributed by atoms with Gasteiger partial charge in [0.25, 0.3) is 0 Å². The van der Waals surface area contributed by atoms with E-state index >= 15 is 0 Å². The maximum atomic E-state index is 5.66. The molecule has 0 aliphatic heterocycles. The fourth-order valence-electron chi connectivity index (χ4n) is 5.49. The van der Waals surface area contributed by atoms with Gasteiger partial charge in [-0.15, -0.1) is 12.6 Å². The van der Waals surface area contributed by atoms with E-state index < -0.39 is 10.3 Å². The summed E-state index contributed by atoms with van der Waals surface area (Å²) in [6, 6.07) is 32.7. The van der Waals surface area contributed by atoms with Gasteiger partial charge in [-0.3, -0.25) is 0 Å². The van der Waals surface area contributed by atoms with Crippen LogP contribution in [0.25, 0.3) is 0 Å². The first-order chi connectivity index (χ1) is 14.6. The summed E-state index contributed by atoms with van der Waals surface area (Å²) >= 11 is 5.66. The third-order valence-electron chi connectivity index (χ3n) is 7.17. The summed E-state index contributed by atoms with van der Waals surface area (Å²) in [4.78, 5) is -0.449. The molecule has 0 N–H and O–H groups in total. The highest BCUT2D eigenvalue weighted by Gasteiger charge is 2.62. The summed E-state index contributed by atoms with van der Waals surface area (Å²) in [5, 5.41) is 0. The molecule has 0 heterocycles. The summed E-state index contributed by atoms with van der Waals surface area (Å²) in [7, 11) is 0. The molecule has 0 saturated heterocycles. The van der Waals surface area contributed by atoms with Crippen LogP contribution in [0.5, 0.6) is 0 Å². The Morgan fingerprint density at radius 2 is 0.933 bits per heavy atom. The Hall–Kier alpha value is -2.03. The van der Waals surface area contributed by atoms with Crippen molar-refractivity contribution in [1.82, 2.24) is 0 Å². The quantitative estimate of drug-likeness (QED) is 0.169. The molecule has 1 atom stereocenters. The molecule has 0 saturated carbocycles. The molecule has 0 fully saturated rings. The SMILES string of the molecule is [CH2]CC(S)(C(c1ccccc1)(c1ccccc1)c1ccccc1)[N+](CC)(CC)CC. The van der Waals surface area contributed by atoms with Gasteiger partial charge in [0.2, 0.25) is 0 Å². The first kappa shape index (κ1) is 22.7. The topological polar surface area (TPSA) is 0 Å². The zero-order chi connectivity index (χ0) is 21.7. The van der Waals surface area contributed by atoms with Crippen LogP contribution in [-0.4, -0.2) is 29.0 Å². The Kier molecular flexibility index (Phi) is 7.10. The molecular formula is C28H35NS+. The summed E-state index contributed by atoms with van der Waals surface area (Å²) in [6.07, 6.45) is 0.699. The Morgan fingerprint density at radius 3 is 1.17 bits per heavy atom. The van der Waals surface area contributed by atoms with Crippen molar-refractivity contribution >= 4 is 12.6 Å². The monoisotopic (exact) mass is 417 g/mol. The maximum Gasteiger partial charge on any atom is 0.161 e. The molecule has 0 amide bonds. The number of thiol groups is 1. The normalized spacial score (nSPS) is 14.3. The van der Waals surface area contributed by atoms with Crippen molar-refractivity contribution in [3.8, 4) is 0 Å². The molecule has 0 aromatic heterocycles. The molecule has 0 spiro atoms. The largest absolute Gasteiger partial charge is 0.310 e. The second-order valence-electron chi connectivity index (χ2n) is 8.01. The molecule has 3 aromatic carbocycles. The number of hydrogen-bond acceptors (Lipinski definition) is 1. The van der Waals surface area contributed by atoms with Crippen molar-refractivity contribution in [1.29, 1.82) is 0 Å². The fourth-order valence-corrected chi connectivity index (χ4v) is 6.31.